The molecule has 0 bridgehead atoms. The quantitative estimate of drug-likeness (QED) is 0.501. The van der Waals surface area contributed by atoms with E-state index in [1.165, 1.54) is 50.6 Å². The largest absolute Gasteiger partial charge is 0.504 e. The number of aromatic hydroxyl groups is 2. The lowest BCUT2D eigenvalue weighted by Gasteiger charge is -2.06. The molecular formula is C17H16O6. The number of carbonyl (C=O) groups excluding carboxylic acids is 1. The smallest absolute Gasteiger partial charge is 0.336 e. The number of phenolic OH excluding ortho intramolecular Hbond substituents is 2. The summed E-state index contributed by atoms with van der Waals surface area (Å²) in [7, 11) is 2.84. The Morgan fingerprint density at radius 3 is 2.22 bits per heavy atom. The molecule has 0 aromatic heterocycles. The summed E-state index contributed by atoms with van der Waals surface area (Å²) in [6, 6.07) is 8.91. The van der Waals surface area contributed by atoms with Gasteiger partial charge in [0.25, 0.3) is 0 Å². The van der Waals surface area contributed by atoms with Gasteiger partial charge >= 0.3 is 5.97 Å². The Morgan fingerprint density at radius 2 is 1.57 bits per heavy atom. The maximum atomic E-state index is 11.8. The third-order valence-electron chi connectivity index (χ3n) is 2.99. The first-order valence-corrected chi connectivity index (χ1v) is 6.67. The molecule has 0 saturated carbocycles. The average molecular weight is 316 g/mol. The van der Waals surface area contributed by atoms with Crippen molar-refractivity contribution in [3.05, 3.63) is 48.0 Å². The van der Waals surface area contributed by atoms with Crippen molar-refractivity contribution in [1.82, 2.24) is 0 Å². The van der Waals surface area contributed by atoms with Crippen molar-refractivity contribution in [3.8, 4) is 28.7 Å². The summed E-state index contributed by atoms with van der Waals surface area (Å²) in [6.07, 6.45) is 2.77. The van der Waals surface area contributed by atoms with Gasteiger partial charge in [-0.2, -0.15) is 0 Å². The maximum absolute atomic E-state index is 11.8. The van der Waals surface area contributed by atoms with Crippen LogP contribution in [0.4, 0.5) is 0 Å². The first-order valence-electron chi connectivity index (χ1n) is 6.67. The lowest BCUT2D eigenvalue weighted by Crippen LogP contribution is -2.03. The van der Waals surface area contributed by atoms with Crippen LogP contribution in [0.5, 0.6) is 28.7 Å². The minimum atomic E-state index is -0.593. The zero-order valence-corrected chi connectivity index (χ0v) is 12.6. The molecule has 6 heteroatoms. The number of phenols is 2. The summed E-state index contributed by atoms with van der Waals surface area (Å²) < 4.78 is 15.0. The highest BCUT2D eigenvalue weighted by atomic mass is 16.5. The van der Waals surface area contributed by atoms with E-state index in [2.05, 4.69) is 0 Å². The highest BCUT2D eigenvalue weighted by molar-refractivity contribution is 5.88. The first-order chi connectivity index (χ1) is 11.0. The molecular weight excluding hydrogens is 300 g/mol. The van der Waals surface area contributed by atoms with Crippen LogP contribution in [0.2, 0.25) is 0 Å². The number of ether oxygens (including phenoxy) is 3. The Bertz CT molecular complexity index is 736. The van der Waals surface area contributed by atoms with E-state index in [1.54, 1.807) is 12.1 Å². The van der Waals surface area contributed by atoms with Crippen molar-refractivity contribution in [1.29, 1.82) is 0 Å². The topological polar surface area (TPSA) is 85.2 Å². The summed E-state index contributed by atoms with van der Waals surface area (Å²) >= 11 is 0. The molecule has 6 nitrogen and oxygen atoms in total. The van der Waals surface area contributed by atoms with Crippen LogP contribution in [0.15, 0.2) is 42.5 Å². The summed E-state index contributed by atoms with van der Waals surface area (Å²) in [5.74, 6) is 0.149. The molecule has 0 aliphatic rings. The molecule has 0 aliphatic carbocycles. The fourth-order valence-corrected chi connectivity index (χ4v) is 1.83. The van der Waals surface area contributed by atoms with Crippen molar-refractivity contribution in [2.75, 3.05) is 14.2 Å². The molecule has 0 aliphatic heterocycles. The molecule has 0 saturated heterocycles. The van der Waals surface area contributed by atoms with Gasteiger partial charge in [0.15, 0.2) is 23.0 Å². The van der Waals surface area contributed by atoms with E-state index in [1.807, 2.05) is 0 Å². The maximum Gasteiger partial charge on any atom is 0.336 e. The van der Waals surface area contributed by atoms with Crippen molar-refractivity contribution < 1.29 is 29.2 Å². The Morgan fingerprint density at radius 1 is 0.957 bits per heavy atom. The number of hydrogen-bond donors (Lipinski definition) is 2. The second kappa shape index (κ2) is 7.22. The van der Waals surface area contributed by atoms with E-state index in [4.69, 9.17) is 14.2 Å². The summed E-state index contributed by atoms with van der Waals surface area (Å²) in [5, 5.41) is 19.0. The van der Waals surface area contributed by atoms with Crippen LogP contribution in [-0.2, 0) is 4.79 Å². The molecule has 0 spiro atoms. The van der Waals surface area contributed by atoms with E-state index in [0.29, 0.717) is 11.3 Å². The van der Waals surface area contributed by atoms with E-state index >= 15 is 0 Å². The van der Waals surface area contributed by atoms with Gasteiger partial charge in [0, 0.05) is 12.1 Å². The molecule has 0 radical (unpaired) electrons. The Labute approximate surface area is 133 Å². The van der Waals surface area contributed by atoms with Crippen LogP contribution in [-0.4, -0.2) is 30.4 Å². The molecule has 0 atom stereocenters. The van der Waals surface area contributed by atoms with Gasteiger partial charge in [-0.05, 0) is 35.9 Å². The third kappa shape index (κ3) is 4.16. The highest BCUT2D eigenvalue weighted by Gasteiger charge is 2.06. The van der Waals surface area contributed by atoms with Crippen molar-refractivity contribution in [2.45, 2.75) is 0 Å². The number of hydrogen-bond acceptors (Lipinski definition) is 6. The predicted molar refractivity (Wildman–Crippen MR) is 84.0 cm³/mol. The monoisotopic (exact) mass is 316 g/mol. The molecule has 0 heterocycles. The first kappa shape index (κ1) is 16.2. The Kier molecular flexibility index (Phi) is 5.09. The van der Waals surface area contributed by atoms with Crippen LogP contribution in [0, 0.1) is 0 Å². The van der Waals surface area contributed by atoms with Gasteiger partial charge in [-0.3, -0.25) is 0 Å². The SMILES string of the molecule is COc1cc(C=CC(=O)Oc2ccc(O)c(OC)c2)ccc1O. The average Bonchev–Trinajstić information content (AvgIpc) is 2.55. The molecule has 0 unspecified atom stereocenters. The van der Waals surface area contributed by atoms with Gasteiger partial charge in [0.05, 0.1) is 14.2 Å². The summed E-state index contributed by atoms with van der Waals surface area (Å²) in [5.41, 5.74) is 0.667. The van der Waals surface area contributed by atoms with E-state index in [9.17, 15) is 15.0 Å². The lowest BCUT2D eigenvalue weighted by molar-refractivity contribution is -0.128. The number of benzene rings is 2. The fraction of sp³-hybridized carbons (Fsp3) is 0.118. The third-order valence-corrected chi connectivity index (χ3v) is 2.99. The van der Waals surface area contributed by atoms with Gasteiger partial charge in [-0.25, -0.2) is 4.79 Å². The van der Waals surface area contributed by atoms with Crippen molar-refractivity contribution in [2.24, 2.45) is 0 Å². The number of rotatable bonds is 5. The van der Waals surface area contributed by atoms with E-state index in [0.717, 1.165) is 0 Å². The van der Waals surface area contributed by atoms with Crippen LogP contribution in [0.25, 0.3) is 6.08 Å². The van der Waals surface area contributed by atoms with Gasteiger partial charge in [0.1, 0.15) is 5.75 Å². The Hall–Kier alpha value is -3.15. The number of esters is 1. The molecule has 0 fully saturated rings. The molecule has 120 valence electrons. The van der Waals surface area contributed by atoms with Crippen LogP contribution in [0.1, 0.15) is 5.56 Å². The molecule has 2 N–H and O–H groups in total. The fourth-order valence-electron chi connectivity index (χ4n) is 1.83. The van der Waals surface area contributed by atoms with Crippen LogP contribution < -0.4 is 14.2 Å². The van der Waals surface area contributed by atoms with Crippen molar-refractivity contribution in [3.63, 3.8) is 0 Å². The zero-order chi connectivity index (χ0) is 16.8. The summed E-state index contributed by atoms with van der Waals surface area (Å²) in [6.45, 7) is 0. The summed E-state index contributed by atoms with van der Waals surface area (Å²) in [4.78, 5) is 11.8. The second-order valence-electron chi connectivity index (χ2n) is 4.52. The highest BCUT2D eigenvalue weighted by Crippen LogP contribution is 2.30. The Balaban J connectivity index is 2.07. The molecule has 23 heavy (non-hydrogen) atoms. The minimum Gasteiger partial charge on any atom is -0.504 e. The predicted octanol–water partition coefficient (Wildman–Crippen LogP) is 2.73. The van der Waals surface area contributed by atoms with E-state index < -0.39 is 5.97 Å². The normalized spacial score (nSPS) is 10.5. The van der Waals surface area contributed by atoms with Crippen molar-refractivity contribution >= 4 is 12.0 Å². The molecule has 2 rings (SSSR count). The molecule has 2 aromatic rings. The second-order valence-corrected chi connectivity index (χ2v) is 4.52. The minimum absolute atomic E-state index is 0.0171. The van der Waals surface area contributed by atoms with E-state index in [-0.39, 0.29) is 23.0 Å². The van der Waals surface area contributed by atoms with Gasteiger partial charge in [-0.15, -0.1) is 0 Å². The number of methoxy groups -OCH3 is 2. The standard InChI is InChI=1S/C17H16O6/c1-21-15-9-11(3-6-13(15)18)4-8-17(20)23-12-5-7-14(19)16(10-12)22-2/h3-10,18-19H,1-2H3. The van der Waals surface area contributed by atoms with Gasteiger partial charge in [0.2, 0.25) is 0 Å². The van der Waals surface area contributed by atoms with Crippen LogP contribution >= 0.6 is 0 Å². The number of carbonyl (C=O) groups is 1. The lowest BCUT2D eigenvalue weighted by atomic mass is 10.2. The molecule has 2 aromatic carbocycles. The molecule has 0 amide bonds. The van der Waals surface area contributed by atoms with Gasteiger partial charge < -0.3 is 24.4 Å². The zero-order valence-electron chi connectivity index (χ0n) is 12.6. The van der Waals surface area contributed by atoms with Crippen LogP contribution in [0.3, 0.4) is 0 Å². The van der Waals surface area contributed by atoms with Gasteiger partial charge in [-0.1, -0.05) is 6.07 Å².